The number of imide groups is 2. The third-order valence-corrected chi connectivity index (χ3v) is 12.4. The van der Waals surface area contributed by atoms with Crippen molar-refractivity contribution in [1.29, 1.82) is 0 Å². The van der Waals surface area contributed by atoms with Crippen molar-refractivity contribution in [2.75, 3.05) is 43.0 Å². The molecule has 2 heterocycles. The van der Waals surface area contributed by atoms with E-state index in [4.69, 9.17) is 21.1 Å². The van der Waals surface area contributed by atoms with E-state index in [9.17, 15) is 34.9 Å². The Morgan fingerprint density at radius 1 is 0.797 bits per heavy atom. The summed E-state index contributed by atoms with van der Waals surface area (Å²) in [4.78, 5) is 86.0. The molecule has 6 atom stereocenters. The molecule has 4 aromatic carbocycles. The average molecular weight is 822 g/mol. The second kappa shape index (κ2) is 14.2. The summed E-state index contributed by atoms with van der Waals surface area (Å²) in [5.74, 6) is -7.92. The van der Waals surface area contributed by atoms with Gasteiger partial charge in [-0.25, -0.2) is 9.80 Å². The van der Waals surface area contributed by atoms with Crippen LogP contribution in [-0.4, -0.2) is 66.9 Å². The van der Waals surface area contributed by atoms with Crippen molar-refractivity contribution >= 4 is 63.7 Å². The van der Waals surface area contributed by atoms with Crippen LogP contribution in [-0.2, 0) is 24.6 Å². The fraction of sp³-hybridized carbons (Fsp3) is 0.286. The lowest BCUT2D eigenvalue weighted by atomic mass is 9.49. The molecular weight excluding hydrogens is 786 g/mol. The van der Waals surface area contributed by atoms with Gasteiger partial charge in [-0.3, -0.25) is 39.4 Å². The van der Waals surface area contributed by atoms with Crippen LogP contribution in [0, 0.1) is 43.9 Å². The summed E-state index contributed by atoms with van der Waals surface area (Å²) in [6, 6.07) is 19.8. The molecule has 4 aliphatic rings. The van der Waals surface area contributed by atoms with Gasteiger partial charge in [0.05, 0.1) is 58.6 Å². The number of allylic oxidation sites excluding steroid dienone is 2. The van der Waals surface area contributed by atoms with E-state index in [-0.39, 0.29) is 52.2 Å². The molecule has 2 aliphatic heterocycles. The minimum Gasteiger partial charge on any atom is -0.508 e. The molecular formula is C42H36ClN5O11. The van der Waals surface area contributed by atoms with Gasteiger partial charge in [0.15, 0.2) is 5.69 Å². The number of halogens is 1. The van der Waals surface area contributed by atoms with Gasteiger partial charge in [-0.2, -0.15) is 0 Å². The van der Waals surface area contributed by atoms with Crippen LogP contribution in [0.15, 0.2) is 90.5 Å². The average Bonchev–Trinajstić information content (AvgIpc) is 3.60. The van der Waals surface area contributed by atoms with E-state index in [0.29, 0.717) is 16.7 Å². The van der Waals surface area contributed by atoms with Crippen molar-refractivity contribution in [3.8, 4) is 17.2 Å². The fourth-order valence-corrected chi connectivity index (χ4v) is 10.2. The number of methoxy groups -OCH3 is 2. The predicted molar refractivity (Wildman–Crippen MR) is 214 cm³/mol. The zero-order valence-corrected chi connectivity index (χ0v) is 32.8. The maximum absolute atomic E-state index is 15.6. The Morgan fingerprint density at radius 3 is 1.98 bits per heavy atom. The molecule has 4 amide bonds. The van der Waals surface area contributed by atoms with Gasteiger partial charge in [0.25, 0.3) is 0 Å². The predicted octanol–water partition coefficient (Wildman–Crippen LogP) is 6.31. The van der Waals surface area contributed by atoms with Crippen molar-refractivity contribution in [2.45, 2.75) is 24.2 Å². The first-order valence-electron chi connectivity index (χ1n) is 18.5. The van der Waals surface area contributed by atoms with Gasteiger partial charge in [0.2, 0.25) is 23.6 Å². The number of fused-ring (bicyclic) bond motifs is 4. The monoisotopic (exact) mass is 821 g/mol. The Hall–Kier alpha value is -6.81. The van der Waals surface area contributed by atoms with Crippen LogP contribution < -0.4 is 24.2 Å². The molecule has 1 N–H and O–H groups in total. The van der Waals surface area contributed by atoms with Crippen LogP contribution in [0.25, 0.3) is 0 Å². The van der Waals surface area contributed by atoms with Gasteiger partial charge in [-0.1, -0.05) is 59.6 Å². The molecule has 3 fully saturated rings. The number of carbonyl (C=O) groups is 4. The van der Waals surface area contributed by atoms with E-state index >= 15 is 9.59 Å². The number of carbonyl (C=O) groups excluding carboxylic acids is 4. The van der Waals surface area contributed by atoms with Crippen molar-refractivity contribution in [2.24, 2.45) is 23.7 Å². The zero-order chi connectivity index (χ0) is 42.2. The number of phenolic OH excluding ortho intramolecular Hbond substituents is 1. The Kier molecular flexibility index (Phi) is 9.42. The molecule has 17 heteroatoms. The topological polar surface area (TPSA) is 203 Å². The van der Waals surface area contributed by atoms with Crippen LogP contribution in [0.4, 0.5) is 28.4 Å². The second-order valence-electron chi connectivity index (χ2n) is 15.1. The number of nitro groups is 2. The van der Waals surface area contributed by atoms with Crippen LogP contribution >= 0.6 is 11.6 Å². The highest BCUT2D eigenvalue weighted by molar-refractivity contribution is 6.32. The molecule has 2 aliphatic carbocycles. The number of ether oxygens (including phenoxy) is 2. The fourth-order valence-electron chi connectivity index (χ4n) is 9.98. The number of nitro benzene ring substituents is 2. The third kappa shape index (κ3) is 5.64. The van der Waals surface area contributed by atoms with Gasteiger partial charge >= 0.3 is 11.4 Å². The largest absolute Gasteiger partial charge is 0.508 e. The Labute approximate surface area is 341 Å². The molecule has 0 spiro atoms. The Balaban J connectivity index is 1.37. The van der Waals surface area contributed by atoms with Gasteiger partial charge < -0.3 is 19.5 Å². The van der Waals surface area contributed by atoms with Crippen molar-refractivity contribution in [3.63, 3.8) is 0 Å². The molecule has 0 aromatic heterocycles. The van der Waals surface area contributed by atoms with E-state index in [2.05, 4.69) is 0 Å². The summed E-state index contributed by atoms with van der Waals surface area (Å²) in [7, 11) is 5.57. The number of anilines is 3. The minimum atomic E-state index is -1.71. The summed E-state index contributed by atoms with van der Waals surface area (Å²) < 4.78 is 11.7. The Morgan fingerprint density at radius 2 is 1.42 bits per heavy atom. The highest BCUT2D eigenvalue weighted by atomic mass is 35.5. The Bertz CT molecular complexity index is 2480. The molecule has 16 nitrogen and oxygen atoms in total. The van der Waals surface area contributed by atoms with Crippen molar-refractivity contribution < 1.29 is 43.6 Å². The highest BCUT2D eigenvalue weighted by Crippen LogP contribution is 2.66. The van der Waals surface area contributed by atoms with Gasteiger partial charge in [-0.05, 0) is 42.5 Å². The van der Waals surface area contributed by atoms with Crippen LogP contribution in [0.1, 0.15) is 29.9 Å². The first-order chi connectivity index (χ1) is 28.2. The lowest BCUT2D eigenvalue weighted by molar-refractivity contribution is -0.392. The maximum atomic E-state index is 15.6. The van der Waals surface area contributed by atoms with Gasteiger partial charge in [-0.15, -0.1) is 0 Å². The lowest BCUT2D eigenvalue weighted by Crippen LogP contribution is -2.53. The zero-order valence-electron chi connectivity index (χ0n) is 32.0. The first-order valence-corrected chi connectivity index (χ1v) is 18.9. The highest BCUT2D eigenvalue weighted by Gasteiger charge is 2.71. The number of rotatable bonds is 9. The number of phenols is 1. The van der Waals surface area contributed by atoms with Gasteiger partial charge in [0, 0.05) is 54.9 Å². The summed E-state index contributed by atoms with van der Waals surface area (Å²) >= 11 is 6.41. The number of hydrogen-bond acceptors (Lipinski definition) is 12. The van der Waals surface area contributed by atoms with Crippen LogP contribution in [0.2, 0.25) is 5.02 Å². The first kappa shape index (κ1) is 39.0. The van der Waals surface area contributed by atoms with Crippen LogP contribution in [0.3, 0.4) is 0 Å². The second-order valence-corrected chi connectivity index (χ2v) is 15.5. The molecule has 59 heavy (non-hydrogen) atoms. The number of amides is 4. The number of benzene rings is 4. The normalized spacial score (nSPS) is 24.6. The SMILES string of the molecule is COc1cc(O)cc(OC)c1[C@H]1C2=CC[C@@H]3C(=O)N(c4cc([N+](=O)[O-])c(N(C)C)c([N+](=O)[O-])c4)C(=O)[C@@H]3[C@@H]2C[C@H]2C(=O)N(c3cccc(Cl)c3)C(=O)[C@@]12c1ccccc1. The van der Waals surface area contributed by atoms with E-state index in [1.807, 2.05) is 0 Å². The van der Waals surface area contributed by atoms with E-state index in [1.54, 1.807) is 54.6 Å². The van der Waals surface area contributed by atoms with Gasteiger partial charge in [0.1, 0.15) is 17.2 Å². The number of aromatic hydroxyl groups is 1. The molecule has 0 bridgehead atoms. The molecule has 0 radical (unpaired) electrons. The summed E-state index contributed by atoms with van der Waals surface area (Å²) in [6.45, 7) is 0. The third-order valence-electron chi connectivity index (χ3n) is 12.1. The summed E-state index contributed by atoms with van der Waals surface area (Å²) in [6.07, 6.45) is 1.68. The maximum Gasteiger partial charge on any atom is 0.301 e. The molecule has 1 saturated carbocycles. The summed E-state index contributed by atoms with van der Waals surface area (Å²) in [5, 5.41) is 35.6. The molecule has 4 aromatic rings. The molecule has 302 valence electrons. The van der Waals surface area contributed by atoms with E-state index in [0.717, 1.165) is 21.9 Å². The van der Waals surface area contributed by atoms with Crippen LogP contribution in [0.5, 0.6) is 17.2 Å². The molecule has 8 rings (SSSR count). The quantitative estimate of drug-likeness (QED) is 0.0854. The van der Waals surface area contributed by atoms with Crippen molar-refractivity contribution in [3.05, 3.63) is 127 Å². The number of hydrogen-bond donors (Lipinski definition) is 1. The summed E-state index contributed by atoms with van der Waals surface area (Å²) in [5.41, 5.74) is -2.18. The van der Waals surface area contributed by atoms with E-state index in [1.165, 1.54) is 51.4 Å². The lowest BCUT2D eigenvalue weighted by Gasteiger charge is -2.51. The smallest absolute Gasteiger partial charge is 0.301 e. The molecule has 0 unspecified atom stereocenters. The number of nitrogens with zero attached hydrogens (tertiary/aromatic N) is 5. The molecule has 2 saturated heterocycles. The van der Waals surface area contributed by atoms with E-state index < -0.39 is 79.9 Å². The standard InChI is InChI=1S/C42H36ClN5O11/c1-44(2)37-30(47(54)55)16-24(17-31(37)48(56)57)45-38(50)27-14-13-26-28(34(27)40(45)52)20-29-39(51)46(23-12-8-11-22(43)15-23)41(53)42(29,21-9-6-5-7-10-21)36(26)35-32(58-3)18-25(49)19-33(35)59-4/h5-13,15-19,27-29,34,36,49H,14,20H2,1-4H3/t27-,28+,29-,34-,36+,42+/m0/s1. The minimum absolute atomic E-state index is 0.0214. The van der Waals surface area contributed by atoms with Crippen molar-refractivity contribution in [1.82, 2.24) is 0 Å².